The largest absolute Gasteiger partial charge is 0.341 e. The molecule has 0 aliphatic heterocycles. The molecule has 0 saturated carbocycles. The van der Waals surface area contributed by atoms with E-state index in [9.17, 15) is 4.79 Å². The highest BCUT2D eigenvalue weighted by molar-refractivity contribution is 7.09. The van der Waals surface area contributed by atoms with Gasteiger partial charge in [-0.05, 0) is 31.5 Å². The summed E-state index contributed by atoms with van der Waals surface area (Å²) in [6.07, 6.45) is 1.74. The number of alkyl halides is 1. The molecule has 3 nitrogen and oxygen atoms in total. The Morgan fingerprint density at radius 3 is 2.58 bits per heavy atom. The minimum atomic E-state index is -0.476. The van der Waals surface area contributed by atoms with Gasteiger partial charge in [-0.15, -0.1) is 22.9 Å². The number of halogens is 1. The number of thiazole rings is 1. The topological polar surface area (TPSA) is 42.0 Å². The van der Waals surface area contributed by atoms with Crippen LogP contribution in [0.2, 0.25) is 0 Å². The molecule has 100 valence electrons. The molecule has 2 aromatic rings. The van der Waals surface area contributed by atoms with Crippen LogP contribution in [-0.4, -0.2) is 10.9 Å². The Labute approximate surface area is 121 Å². The second-order valence-electron chi connectivity index (χ2n) is 4.75. The van der Waals surface area contributed by atoms with Crippen LogP contribution < -0.4 is 5.32 Å². The molecule has 1 N–H and O–H groups in total. The first-order valence-electron chi connectivity index (χ1n) is 5.90. The first-order valence-corrected chi connectivity index (χ1v) is 7.32. The van der Waals surface area contributed by atoms with E-state index in [1.165, 1.54) is 11.3 Å². The average molecular weight is 295 g/mol. The zero-order valence-corrected chi connectivity index (χ0v) is 12.4. The zero-order chi connectivity index (χ0) is 13.9. The van der Waals surface area contributed by atoms with E-state index in [0.717, 1.165) is 10.6 Å². The lowest BCUT2D eigenvalue weighted by Crippen LogP contribution is -2.40. The zero-order valence-electron chi connectivity index (χ0n) is 10.8. The molecule has 0 saturated heterocycles. The molecule has 2 rings (SSSR count). The highest BCUT2D eigenvalue weighted by Gasteiger charge is 2.25. The highest BCUT2D eigenvalue weighted by Crippen LogP contribution is 2.22. The summed E-state index contributed by atoms with van der Waals surface area (Å²) < 4.78 is 0. The predicted molar refractivity (Wildman–Crippen MR) is 78.6 cm³/mol. The summed E-state index contributed by atoms with van der Waals surface area (Å²) in [5.41, 5.74) is 1.15. The summed E-state index contributed by atoms with van der Waals surface area (Å²) in [6.45, 7) is 3.88. The van der Waals surface area contributed by atoms with E-state index >= 15 is 0 Å². The molecule has 0 spiro atoms. The van der Waals surface area contributed by atoms with Gasteiger partial charge in [-0.25, -0.2) is 4.98 Å². The first-order chi connectivity index (χ1) is 9.03. The SMILES string of the molecule is CC(C)(NC(=O)c1ccc(CCl)cc1)c1nccs1. The molecule has 1 heterocycles. The van der Waals surface area contributed by atoms with Gasteiger partial charge in [-0.1, -0.05) is 12.1 Å². The summed E-state index contributed by atoms with van der Waals surface area (Å²) >= 11 is 7.26. The molecule has 0 aliphatic carbocycles. The lowest BCUT2D eigenvalue weighted by atomic mass is 10.1. The molecule has 0 atom stereocenters. The fourth-order valence-corrected chi connectivity index (χ4v) is 2.58. The van der Waals surface area contributed by atoms with Crippen LogP contribution in [0.4, 0.5) is 0 Å². The minimum Gasteiger partial charge on any atom is -0.341 e. The van der Waals surface area contributed by atoms with E-state index in [0.29, 0.717) is 11.4 Å². The maximum absolute atomic E-state index is 12.2. The van der Waals surface area contributed by atoms with Crippen LogP contribution in [0.15, 0.2) is 35.8 Å². The van der Waals surface area contributed by atoms with E-state index in [-0.39, 0.29) is 5.91 Å². The molecule has 0 fully saturated rings. The molecule has 0 bridgehead atoms. The molecule has 5 heteroatoms. The van der Waals surface area contributed by atoms with Gasteiger partial charge in [0.1, 0.15) is 5.01 Å². The number of amides is 1. The number of nitrogens with zero attached hydrogens (tertiary/aromatic N) is 1. The second kappa shape index (κ2) is 5.72. The fourth-order valence-electron chi connectivity index (χ4n) is 1.69. The van der Waals surface area contributed by atoms with Crippen molar-refractivity contribution in [3.8, 4) is 0 Å². The lowest BCUT2D eigenvalue weighted by molar-refractivity contribution is 0.0912. The van der Waals surface area contributed by atoms with Crippen LogP contribution in [0, 0.1) is 0 Å². The van der Waals surface area contributed by atoms with Crippen molar-refractivity contribution in [2.75, 3.05) is 0 Å². The minimum absolute atomic E-state index is 0.110. The van der Waals surface area contributed by atoms with Gasteiger partial charge in [0.25, 0.3) is 5.91 Å². The van der Waals surface area contributed by atoms with Gasteiger partial charge < -0.3 is 5.32 Å². The summed E-state index contributed by atoms with van der Waals surface area (Å²) in [7, 11) is 0. The van der Waals surface area contributed by atoms with E-state index in [4.69, 9.17) is 11.6 Å². The number of hydrogen-bond acceptors (Lipinski definition) is 3. The third-order valence-electron chi connectivity index (χ3n) is 2.76. The maximum Gasteiger partial charge on any atom is 0.252 e. The third kappa shape index (κ3) is 3.33. The summed E-state index contributed by atoms with van der Waals surface area (Å²) in [4.78, 5) is 16.4. The number of hydrogen-bond donors (Lipinski definition) is 1. The van der Waals surface area contributed by atoms with Crippen molar-refractivity contribution >= 4 is 28.8 Å². The summed E-state index contributed by atoms with van der Waals surface area (Å²) in [6, 6.07) is 7.28. The standard InChI is InChI=1S/C14H15ClN2OS/c1-14(2,13-16-7-8-19-13)17-12(18)11-5-3-10(9-15)4-6-11/h3-8H,9H2,1-2H3,(H,17,18). The molecule has 1 aromatic heterocycles. The molecule has 1 amide bonds. The Bertz CT molecular complexity index is 549. The van der Waals surface area contributed by atoms with Gasteiger partial charge in [0, 0.05) is 23.0 Å². The van der Waals surface area contributed by atoms with Gasteiger partial charge in [-0.2, -0.15) is 0 Å². The summed E-state index contributed by atoms with van der Waals surface area (Å²) in [5.74, 6) is 0.341. The number of nitrogens with one attached hydrogen (secondary N) is 1. The second-order valence-corrected chi connectivity index (χ2v) is 5.91. The molecule has 19 heavy (non-hydrogen) atoms. The van der Waals surface area contributed by atoms with E-state index in [2.05, 4.69) is 10.3 Å². The fraction of sp³-hybridized carbons (Fsp3) is 0.286. The van der Waals surface area contributed by atoms with E-state index in [1.807, 2.05) is 31.4 Å². The Morgan fingerprint density at radius 2 is 2.05 bits per heavy atom. The van der Waals surface area contributed by atoms with Crippen molar-refractivity contribution in [1.29, 1.82) is 0 Å². The van der Waals surface area contributed by atoms with Gasteiger partial charge in [0.2, 0.25) is 0 Å². The number of carbonyl (C=O) groups is 1. The van der Waals surface area contributed by atoms with Gasteiger partial charge in [-0.3, -0.25) is 4.79 Å². The van der Waals surface area contributed by atoms with Crippen molar-refractivity contribution in [1.82, 2.24) is 10.3 Å². The van der Waals surface area contributed by atoms with E-state index in [1.54, 1.807) is 18.3 Å². The quantitative estimate of drug-likeness (QED) is 0.876. The smallest absolute Gasteiger partial charge is 0.252 e. The van der Waals surface area contributed by atoms with Crippen molar-refractivity contribution in [2.24, 2.45) is 0 Å². The molecular weight excluding hydrogens is 280 g/mol. The van der Waals surface area contributed by atoms with Crippen LogP contribution in [-0.2, 0) is 11.4 Å². The Hall–Kier alpha value is -1.39. The van der Waals surface area contributed by atoms with Crippen LogP contribution in [0.3, 0.4) is 0 Å². The van der Waals surface area contributed by atoms with Crippen LogP contribution in [0.25, 0.3) is 0 Å². The van der Waals surface area contributed by atoms with Crippen molar-refractivity contribution in [3.05, 3.63) is 52.0 Å². The third-order valence-corrected chi connectivity index (χ3v) is 4.17. The van der Waals surface area contributed by atoms with Crippen molar-refractivity contribution < 1.29 is 4.79 Å². The van der Waals surface area contributed by atoms with Gasteiger partial charge >= 0.3 is 0 Å². The predicted octanol–water partition coefficient (Wildman–Crippen LogP) is 3.55. The van der Waals surface area contributed by atoms with Gasteiger partial charge in [0.05, 0.1) is 5.54 Å². The molecular formula is C14H15ClN2OS. The lowest BCUT2D eigenvalue weighted by Gasteiger charge is -2.23. The first kappa shape index (κ1) is 14.0. The summed E-state index contributed by atoms with van der Waals surface area (Å²) in [5, 5.41) is 5.78. The van der Waals surface area contributed by atoms with Crippen molar-refractivity contribution in [3.63, 3.8) is 0 Å². The number of aromatic nitrogens is 1. The number of carbonyl (C=O) groups excluding carboxylic acids is 1. The molecule has 0 unspecified atom stereocenters. The monoisotopic (exact) mass is 294 g/mol. The Kier molecular flexibility index (Phi) is 4.22. The highest BCUT2D eigenvalue weighted by atomic mass is 35.5. The van der Waals surface area contributed by atoms with E-state index < -0.39 is 5.54 Å². The molecule has 0 aliphatic rings. The average Bonchev–Trinajstić information content (AvgIpc) is 2.93. The molecule has 1 aromatic carbocycles. The van der Waals surface area contributed by atoms with Crippen LogP contribution in [0.1, 0.15) is 34.8 Å². The Balaban J connectivity index is 2.12. The Morgan fingerprint density at radius 1 is 1.37 bits per heavy atom. The van der Waals surface area contributed by atoms with Crippen LogP contribution >= 0.6 is 22.9 Å². The maximum atomic E-state index is 12.2. The molecule has 0 radical (unpaired) electrons. The van der Waals surface area contributed by atoms with Gasteiger partial charge in [0.15, 0.2) is 0 Å². The normalized spacial score (nSPS) is 11.3. The number of rotatable bonds is 4. The number of benzene rings is 1. The van der Waals surface area contributed by atoms with Crippen molar-refractivity contribution in [2.45, 2.75) is 25.3 Å². The van der Waals surface area contributed by atoms with Crippen LogP contribution in [0.5, 0.6) is 0 Å².